The third-order valence-electron chi connectivity index (χ3n) is 6.40. The zero-order valence-electron chi connectivity index (χ0n) is 13.8. The Morgan fingerprint density at radius 2 is 1.73 bits per heavy atom. The van der Waals surface area contributed by atoms with Crippen molar-refractivity contribution < 1.29 is 4.79 Å². The Kier molecular flexibility index (Phi) is 3.51. The number of carbonyl (C=O) groups is 1. The van der Waals surface area contributed by atoms with Crippen LogP contribution in [0.5, 0.6) is 0 Å². The lowest BCUT2D eigenvalue weighted by molar-refractivity contribution is -0.0543. The van der Waals surface area contributed by atoms with Gasteiger partial charge in [-0.1, -0.05) is 17.7 Å². The number of amides is 1. The minimum atomic E-state index is 0.253. The average molecular weight is 297 g/mol. The number of aryl methyl sites for hydroxylation is 1. The lowest BCUT2D eigenvalue weighted by Gasteiger charge is -2.57. The van der Waals surface area contributed by atoms with Gasteiger partial charge in [0.05, 0.1) is 0 Å². The molecular formula is C20H27NO. The molecule has 1 aromatic carbocycles. The highest BCUT2D eigenvalue weighted by Gasteiger charge is 2.50. The van der Waals surface area contributed by atoms with Crippen molar-refractivity contribution in [1.82, 2.24) is 4.90 Å². The molecule has 1 aromatic rings. The van der Waals surface area contributed by atoms with Gasteiger partial charge in [-0.2, -0.15) is 0 Å². The van der Waals surface area contributed by atoms with E-state index in [0.29, 0.717) is 6.04 Å². The monoisotopic (exact) mass is 297 g/mol. The van der Waals surface area contributed by atoms with Gasteiger partial charge in [-0.3, -0.25) is 4.79 Å². The van der Waals surface area contributed by atoms with E-state index in [-0.39, 0.29) is 5.91 Å². The highest BCUT2D eigenvalue weighted by atomic mass is 16.2. The van der Waals surface area contributed by atoms with Crippen molar-refractivity contribution in [2.45, 2.75) is 52.0 Å². The zero-order valence-corrected chi connectivity index (χ0v) is 13.8. The molecule has 1 amide bonds. The van der Waals surface area contributed by atoms with Crippen LogP contribution in [0.15, 0.2) is 24.3 Å². The molecule has 4 saturated carbocycles. The Hall–Kier alpha value is -1.31. The first-order valence-corrected chi connectivity index (χ1v) is 9.03. The number of carbonyl (C=O) groups excluding carboxylic acids is 1. The van der Waals surface area contributed by atoms with Gasteiger partial charge in [0.2, 0.25) is 0 Å². The number of hydrogen-bond donors (Lipinski definition) is 0. The summed E-state index contributed by atoms with van der Waals surface area (Å²) in [5.41, 5.74) is 2.04. The smallest absolute Gasteiger partial charge is 0.254 e. The molecule has 5 rings (SSSR count). The maximum absolute atomic E-state index is 13.1. The summed E-state index contributed by atoms with van der Waals surface area (Å²) in [7, 11) is 0. The van der Waals surface area contributed by atoms with Crippen molar-refractivity contribution in [2.24, 2.45) is 23.7 Å². The topological polar surface area (TPSA) is 20.3 Å². The first kappa shape index (κ1) is 14.3. The Bertz CT molecular complexity index is 551. The van der Waals surface area contributed by atoms with Crippen LogP contribution in [0.3, 0.4) is 0 Å². The predicted octanol–water partition coefficient (Wildman–Crippen LogP) is 4.28. The third kappa shape index (κ3) is 2.28. The first-order chi connectivity index (χ1) is 10.7. The molecule has 118 valence electrons. The van der Waals surface area contributed by atoms with Crippen molar-refractivity contribution in [3.63, 3.8) is 0 Å². The van der Waals surface area contributed by atoms with Crippen LogP contribution in [0.2, 0.25) is 0 Å². The van der Waals surface area contributed by atoms with Crippen molar-refractivity contribution in [3.8, 4) is 0 Å². The van der Waals surface area contributed by atoms with Crippen LogP contribution in [0, 0.1) is 30.6 Å². The van der Waals surface area contributed by atoms with Gasteiger partial charge in [-0.25, -0.2) is 0 Å². The maximum Gasteiger partial charge on any atom is 0.254 e. The summed E-state index contributed by atoms with van der Waals surface area (Å²) in [5, 5.41) is 0. The second-order valence-electron chi connectivity index (χ2n) is 7.88. The molecule has 4 bridgehead atoms. The molecule has 2 heteroatoms. The Morgan fingerprint density at radius 3 is 2.27 bits per heavy atom. The van der Waals surface area contributed by atoms with Crippen LogP contribution in [0.1, 0.15) is 54.9 Å². The lowest BCUT2D eigenvalue weighted by Crippen LogP contribution is -2.57. The molecule has 2 nitrogen and oxygen atoms in total. The molecule has 0 radical (unpaired) electrons. The van der Waals surface area contributed by atoms with Crippen LogP contribution < -0.4 is 0 Å². The van der Waals surface area contributed by atoms with E-state index >= 15 is 0 Å². The first-order valence-electron chi connectivity index (χ1n) is 9.03. The summed E-state index contributed by atoms with van der Waals surface area (Å²) in [6.07, 6.45) is 6.95. The molecule has 0 spiro atoms. The second-order valence-corrected chi connectivity index (χ2v) is 7.88. The van der Waals surface area contributed by atoms with Crippen LogP contribution >= 0.6 is 0 Å². The van der Waals surface area contributed by atoms with Crippen LogP contribution in [0.25, 0.3) is 0 Å². The molecule has 0 aromatic heterocycles. The van der Waals surface area contributed by atoms with Gasteiger partial charge in [0.15, 0.2) is 0 Å². The fourth-order valence-electron chi connectivity index (χ4n) is 5.84. The van der Waals surface area contributed by atoms with E-state index in [2.05, 4.69) is 24.8 Å². The van der Waals surface area contributed by atoms with Gasteiger partial charge in [0, 0.05) is 18.2 Å². The van der Waals surface area contributed by atoms with E-state index in [9.17, 15) is 4.79 Å². The molecule has 4 aliphatic rings. The fourth-order valence-corrected chi connectivity index (χ4v) is 5.84. The molecule has 4 fully saturated rings. The SMILES string of the molecule is CCN(C(=O)c1cccc(C)c1)C1C2CC3CC(C2)CC1C3. The number of rotatable bonds is 3. The van der Waals surface area contributed by atoms with Crippen molar-refractivity contribution in [1.29, 1.82) is 0 Å². The standard InChI is InChI=1S/C20H27NO/c1-3-21(20(22)16-6-4-5-13(2)7-16)19-17-9-14-8-15(11-17)12-18(19)10-14/h4-7,14-15,17-19H,3,8-12H2,1-2H3. The highest BCUT2D eigenvalue weighted by molar-refractivity contribution is 5.94. The molecular weight excluding hydrogens is 270 g/mol. The van der Waals surface area contributed by atoms with Gasteiger partial charge >= 0.3 is 0 Å². The minimum Gasteiger partial charge on any atom is -0.335 e. The van der Waals surface area contributed by atoms with Crippen molar-refractivity contribution in [2.75, 3.05) is 6.54 Å². The van der Waals surface area contributed by atoms with Crippen LogP contribution in [-0.4, -0.2) is 23.4 Å². The molecule has 0 atom stereocenters. The van der Waals surface area contributed by atoms with E-state index in [4.69, 9.17) is 0 Å². The summed E-state index contributed by atoms with van der Waals surface area (Å²) >= 11 is 0. The second kappa shape index (κ2) is 5.40. The summed E-state index contributed by atoms with van der Waals surface area (Å²) in [4.78, 5) is 15.3. The Labute approximate surface area is 133 Å². The van der Waals surface area contributed by atoms with Gasteiger partial charge < -0.3 is 4.90 Å². The Morgan fingerprint density at radius 1 is 1.09 bits per heavy atom. The number of hydrogen-bond acceptors (Lipinski definition) is 1. The third-order valence-corrected chi connectivity index (χ3v) is 6.40. The van der Waals surface area contributed by atoms with Gasteiger partial charge in [-0.05, 0) is 81.8 Å². The summed E-state index contributed by atoms with van der Waals surface area (Å²) in [5.74, 6) is 3.72. The molecule has 4 aliphatic carbocycles. The molecule has 0 saturated heterocycles. The number of nitrogens with zero attached hydrogens (tertiary/aromatic N) is 1. The highest BCUT2D eigenvalue weighted by Crippen LogP contribution is 2.55. The van der Waals surface area contributed by atoms with E-state index < -0.39 is 0 Å². The van der Waals surface area contributed by atoms with E-state index in [1.807, 2.05) is 18.2 Å². The maximum atomic E-state index is 13.1. The summed E-state index contributed by atoms with van der Waals surface area (Å²) in [6.45, 7) is 5.06. The van der Waals surface area contributed by atoms with E-state index in [1.165, 1.54) is 37.7 Å². The molecule has 22 heavy (non-hydrogen) atoms. The quantitative estimate of drug-likeness (QED) is 0.815. The van der Waals surface area contributed by atoms with Gasteiger partial charge in [-0.15, -0.1) is 0 Å². The van der Waals surface area contributed by atoms with Crippen LogP contribution in [-0.2, 0) is 0 Å². The van der Waals surface area contributed by atoms with E-state index in [1.54, 1.807) is 0 Å². The minimum absolute atomic E-state index is 0.253. The summed E-state index contributed by atoms with van der Waals surface area (Å²) in [6, 6.07) is 8.60. The molecule has 0 unspecified atom stereocenters. The van der Waals surface area contributed by atoms with E-state index in [0.717, 1.165) is 35.8 Å². The normalized spacial score (nSPS) is 35.6. The lowest BCUT2D eigenvalue weighted by atomic mass is 9.54. The molecule has 0 N–H and O–H groups in total. The largest absolute Gasteiger partial charge is 0.335 e. The van der Waals surface area contributed by atoms with Crippen molar-refractivity contribution in [3.05, 3.63) is 35.4 Å². The summed E-state index contributed by atoms with van der Waals surface area (Å²) < 4.78 is 0. The Balaban J connectivity index is 1.60. The number of benzene rings is 1. The fraction of sp³-hybridized carbons (Fsp3) is 0.650. The van der Waals surface area contributed by atoms with Crippen LogP contribution in [0.4, 0.5) is 0 Å². The van der Waals surface area contributed by atoms with Gasteiger partial charge in [0.25, 0.3) is 5.91 Å². The molecule has 0 heterocycles. The average Bonchev–Trinajstić information content (AvgIpc) is 2.49. The zero-order chi connectivity index (χ0) is 15.3. The molecule has 0 aliphatic heterocycles. The predicted molar refractivity (Wildman–Crippen MR) is 88.7 cm³/mol. The van der Waals surface area contributed by atoms with Crippen molar-refractivity contribution >= 4 is 5.91 Å². The van der Waals surface area contributed by atoms with Gasteiger partial charge in [0.1, 0.15) is 0 Å².